The fourth-order valence-electron chi connectivity index (χ4n) is 2.56. The van der Waals surface area contributed by atoms with Crippen LogP contribution in [0.3, 0.4) is 0 Å². The van der Waals surface area contributed by atoms with Crippen LogP contribution < -0.4 is 24.8 Å². The third kappa shape index (κ3) is 6.40. The van der Waals surface area contributed by atoms with E-state index in [1.165, 1.54) is 4.88 Å². The number of thiazole rings is 1. The minimum Gasteiger partial charge on any atom is -0.496 e. The first kappa shape index (κ1) is 24.3. The van der Waals surface area contributed by atoms with Crippen molar-refractivity contribution in [3.8, 4) is 17.2 Å². The van der Waals surface area contributed by atoms with Crippen LogP contribution in [0.2, 0.25) is 0 Å². The van der Waals surface area contributed by atoms with E-state index in [4.69, 9.17) is 14.2 Å². The van der Waals surface area contributed by atoms with E-state index in [9.17, 15) is 0 Å². The van der Waals surface area contributed by atoms with Crippen molar-refractivity contribution >= 4 is 41.3 Å². The molecule has 0 aliphatic heterocycles. The summed E-state index contributed by atoms with van der Waals surface area (Å²) in [4.78, 5) is 10.1. The molecule has 156 valence electrons. The number of methoxy groups -OCH3 is 3. The number of hydrogen-bond donors (Lipinski definition) is 2. The lowest BCUT2D eigenvalue weighted by Gasteiger charge is -2.16. The molecule has 0 saturated heterocycles. The SMILES string of the molecule is CN=C(NCCc1nc(C)c(C)s1)NCc1cc(OC)c(OC)cc1OC.I. The molecule has 0 unspecified atom stereocenters. The van der Waals surface area contributed by atoms with E-state index < -0.39 is 0 Å². The summed E-state index contributed by atoms with van der Waals surface area (Å²) >= 11 is 1.74. The summed E-state index contributed by atoms with van der Waals surface area (Å²) in [5.74, 6) is 2.74. The van der Waals surface area contributed by atoms with Gasteiger partial charge in [-0.3, -0.25) is 4.99 Å². The first-order valence-electron chi connectivity index (χ1n) is 8.68. The number of benzene rings is 1. The Hall–Kier alpha value is -1.75. The second-order valence-electron chi connectivity index (χ2n) is 5.87. The Labute approximate surface area is 187 Å². The monoisotopic (exact) mass is 520 g/mol. The highest BCUT2D eigenvalue weighted by Gasteiger charge is 2.12. The predicted octanol–water partition coefficient (Wildman–Crippen LogP) is 3.31. The van der Waals surface area contributed by atoms with Gasteiger partial charge in [0.1, 0.15) is 5.75 Å². The van der Waals surface area contributed by atoms with E-state index in [-0.39, 0.29) is 24.0 Å². The van der Waals surface area contributed by atoms with Gasteiger partial charge in [-0.15, -0.1) is 35.3 Å². The van der Waals surface area contributed by atoms with Crippen molar-refractivity contribution in [3.05, 3.63) is 33.3 Å². The fraction of sp³-hybridized carbons (Fsp3) is 0.474. The standard InChI is InChI=1S/C19H28N4O3S.HI/c1-12-13(2)27-18(23-12)7-8-21-19(20-3)22-11-14-9-16(25-5)17(26-6)10-15(14)24-4;/h9-10H,7-8,11H2,1-6H3,(H2,20,21,22);1H. The number of hydrogen-bond acceptors (Lipinski definition) is 6. The van der Waals surface area contributed by atoms with Crippen LogP contribution in [0.5, 0.6) is 17.2 Å². The van der Waals surface area contributed by atoms with Crippen molar-refractivity contribution in [2.75, 3.05) is 34.9 Å². The van der Waals surface area contributed by atoms with Gasteiger partial charge in [0.15, 0.2) is 17.5 Å². The molecule has 0 atom stereocenters. The molecular weight excluding hydrogens is 491 g/mol. The molecule has 7 nitrogen and oxygen atoms in total. The quantitative estimate of drug-likeness (QED) is 0.316. The van der Waals surface area contributed by atoms with Crippen LogP contribution in [0.15, 0.2) is 17.1 Å². The Kier molecular flexibility index (Phi) is 10.4. The van der Waals surface area contributed by atoms with Crippen LogP contribution in [0.25, 0.3) is 0 Å². The number of aryl methyl sites for hydroxylation is 2. The van der Waals surface area contributed by atoms with Gasteiger partial charge in [0.05, 0.1) is 32.0 Å². The molecule has 0 radical (unpaired) electrons. The number of ether oxygens (including phenoxy) is 3. The molecule has 2 N–H and O–H groups in total. The van der Waals surface area contributed by atoms with E-state index in [1.807, 2.05) is 19.1 Å². The summed E-state index contributed by atoms with van der Waals surface area (Å²) in [6, 6.07) is 3.72. The molecule has 2 rings (SSSR count). The maximum absolute atomic E-state index is 5.46. The lowest BCUT2D eigenvalue weighted by atomic mass is 10.1. The largest absolute Gasteiger partial charge is 0.496 e. The number of nitrogens with one attached hydrogen (secondary N) is 2. The van der Waals surface area contributed by atoms with Gasteiger partial charge < -0.3 is 24.8 Å². The second kappa shape index (κ2) is 11.9. The molecular formula is C19H29IN4O3S. The number of aromatic nitrogens is 1. The topological polar surface area (TPSA) is 77.0 Å². The molecule has 0 aliphatic carbocycles. The molecule has 1 aromatic carbocycles. The van der Waals surface area contributed by atoms with Gasteiger partial charge in [0.2, 0.25) is 0 Å². The van der Waals surface area contributed by atoms with Crippen molar-refractivity contribution in [2.45, 2.75) is 26.8 Å². The summed E-state index contributed by atoms with van der Waals surface area (Å²) < 4.78 is 16.2. The molecule has 28 heavy (non-hydrogen) atoms. The van der Waals surface area contributed by atoms with Gasteiger partial charge in [-0.05, 0) is 19.9 Å². The van der Waals surface area contributed by atoms with Gasteiger partial charge >= 0.3 is 0 Å². The van der Waals surface area contributed by atoms with Crippen molar-refractivity contribution < 1.29 is 14.2 Å². The molecule has 0 fully saturated rings. The van der Waals surface area contributed by atoms with Crippen LogP contribution in [0.1, 0.15) is 21.1 Å². The Morgan fingerprint density at radius 3 is 2.21 bits per heavy atom. The average molecular weight is 520 g/mol. The molecule has 0 aliphatic rings. The van der Waals surface area contributed by atoms with E-state index in [2.05, 4.69) is 27.5 Å². The smallest absolute Gasteiger partial charge is 0.191 e. The Balaban J connectivity index is 0.00000392. The summed E-state index contributed by atoms with van der Waals surface area (Å²) in [6.07, 6.45) is 0.861. The molecule has 0 spiro atoms. The van der Waals surface area contributed by atoms with Gasteiger partial charge in [-0.1, -0.05) is 0 Å². The molecule has 9 heteroatoms. The van der Waals surface area contributed by atoms with E-state index >= 15 is 0 Å². The second-order valence-corrected chi connectivity index (χ2v) is 7.16. The minimum atomic E-state index is 0. The van der Waals surface area contributed by atoms with Crippen molar-refractivity contribution in [1.29, 1.82) is 0 Å². The molecule has 0 bridgehead atoms. The summed E-state index contributed by atoms with van der Waals surface area (Å²) in [6.45, 7) is 5.44. The fourth-order valence-corrected chi connectivity index (χ4v) is 3.50. The van der Waals surface area contributed by atoms with Crippen LogP contribution >= 0.6 is 35.3 Å². The molecule has 2 aromatic rings. The van der Waals surface area contributed by atoms with Gasteiger partial charge in [-0.25, -0.2) is 4.98 Å². The Bertz CT molecular complexity index is 776. The third-order valence-corrected chi connectivity index (χ3v) is 5.29. The predicted molar refractivity (Wildman–Crippen MR) is 125 cm³/mol. The number of halogens is 1. The first-order chi connectivity index (χ1) is 13.0. The van der Waals surface area contributed by atoms with Crippen molar-refractivity contribution in [3.63, 3.8) is 0 Å². The Morgan fingerprint density at radius 1 is 1.04 bits per heavy atom. The first-order valence-corrected chi connectivity index (χ1v) is 9.50. The summed E-state index contributed by atoms with van der Waals surface area (Å²) in [5.41, 5.74) is 2.06. The molecule has 1 aromatic heterocycles. The molecule has 0 amide bonds. The minimum absolute atomic E-state index is 0. The number of aliphatic imine (C=N–C) groups is 1. The highest BCUT2D eigenvalue weighted by molar-refractivity contribution is 14.0. The summed E-state index contributed by atoms with van der Waals surface area (Å²) in [7, 11) is 6.60. The van der Waals surface area contributed by atoms with E-state index in [0.717, 1.165) is 40.9 Å². The van der Waals surface area contributed by atoms with Crippen molar-refractivity contribution in [1.82, 2.24) is 15.6 Å². The normalized spacial score (nSPS) is 10.9. The number of nitrogens with zero attached hydrogens (tertiary/aromatic N) is 2. The molecule has 0 saturated carbocycles. The number of rotatable bonds is 8. The van der Waals surface area contributed by atoms with E-state index in [0.29, 0.717) is 18.0 Å². The maximum Gasteiger partial charge on any atom is 0.191 e. The highest BCUT2D eigenvalue weighted by atomic mass is 127. The van der Waals surface area contributed by atoms with Gasteiger partial charge in [0, 0.05) is 43.1 Å². The number of guanidine groups is 1. The highest BCUT2D eigenvalue weighted by Crippen LogP contribution is 2.34. The lowest BCUT2D eigenvalue weighted by molar-refractivity contribution is 0.347. The van der Waals surface area contributed by atoms with Crippen LogP contribution in [-0.4, -0.2) is 45.9 Å². The zero-order valence-electron chi connectivity index (χ0n) is 17.2. The average Bonchev–Trinajstić information content (AvgIpc) is 3.01. The zero-order chi connectivity index (χ0) is 19.8. The van der Waals surface area contributed by atoms with Crippen LogP contribution in [0, 0.1) is 13.8 Å². The molecule has 1 heterocycles. The Morgan fingerprint density at radius 2 is 1.68 bits per heavy atom. The van der Waals surface area contributed by atoms with Gasteiger partial charge in [-0.2, -0.15) is 0 Å². The van der Waals surface area contributed by atoms with Crippen LogP contribution in [0.4, 0.5) is 0 Å². The van der Waals surface area contributed by atoms with Gasteiger partial charge in [0.25, 0.3) is 0 Å². The zero-order valence-corrected chi connectivity index (χ0v) is 20.4. The maximum atomic E-state index is 5.46. The third-order valence-electron chi connectivity index (χ3n) is 4.16. The summed E-state index contributed by atoms with van der Waals surface area (Å²) in [5, 5.41) is 7.75. The van der Waals surface area contributed by atoms with Crippen LogP contribution in [-0.2, 0) is 13.0 Å². The van der Waals surface area contributed by atoms with Crippen molar-refractivity contribution in [2.24, 2.45) is 4.99 Å². The lowest BCUT2D eigenvalue weighted by Crippen LogP contribution is -2.37. The van der Waals surface area contributed by atoms with E-state index in [1.54, 1.807) is 39.7 Å².